The zero-order valence-electron chi connectivity index (χ0n) is 15.3. The second-order valence-corrected chi connectivity index (χ2v) is 6.63. The second-order valence-electron chi connectivity index (χ2n) is 6.63. The van der Waals surface area contributed by atoms with E-state index in [9.17, 15) is 4.79 Å². The van der Waals surface area contributed by atoms with Crippen molar-refractivity contribution >= 4 is 17.2 Å². The van der Waals surface area contributed by atoms with Crippen LogP contribution in [0.1, 0.15) is 12.5 Å². The van der Waals surface area contributed by atoms with Crippen LogP contribution in [0.5, 0.6) is 0 Å². The van der Waals surface area contributed by atoms with Crippen LogP contribution in [-0.4, -0.2) is 54.0 Å². The van der Waals surface area contributed by atoms with Crippen molar-refractivity contribution in [3.63, 3.8) is 0 Å². The zero-order chi connectivity index (χ0) is 18.2. The standard InChI is InChI=1S/C21H26N4O/c1-18(26)21(23-22-20-10-6-3-7-11-20)17-25-14-12-24(13-15-25)16-19-8-4-2-5-9-19/h2-11,22H,12-17H2,1H3/b23-21-. The van der Waals surface area contributed by atoms with Gasteiger partial charge in [0.15, 0.2) is 5.78 Å². The predicted octanol–water partition coefficient (Wildman–Crippen LogP) is 2.86. The van der Waals surface area contributed by atoms with E-state index in [0.29, 0.717) is 12.3 Å². The van der Waals surface area contributed by atoms with E-state index in [1.807, 2.05) is 36.4 Å². The van der Waals surface area contributed by atoms with Crippen LogP contribution in [0.4, 0.5) is 5.69 Å². The number of carbonyl (C=O) groups is 1. The predicted molar refractivity (Wildman–Crippen MR) is 106 cm³/mol. The van der Waals surface area contributed by atoms with Crippen LogP contribution < -0.4 is 5.43 Å². The smallest absolute Gasteiger partial charge is 0.177 e. The van der Waals surface area contributed by atoms with E-state index in [2.05, 4.69) is 44.6 Å². The van der Waals surface area contributed by atoms with Gasteiger partial charge in [0, 0.05) is 46.2 Å². The Kier molecular flexibility index (Phi) is 6.52. The third kappa shape index (κ3) is 5.51. The van der Waals surface area contributed by atoms with E-state index in [1.165, 1.54) is 5.56 Å². The molecule has 0 aromatic heterocycles. The van der Waals surface area contributed by atoms with Crippen LogP contribution in [0.25, 0.3) is 0 Å². The number of hydrogen-bond donors (Lipinski definition) is 1. The minimum absolute atomic E-state index is 0.0140. The molecule has 0 unspecified atom stereocenters. The molecule has 0 bridgehead atoms. The van der Waals surface area contributed by atoms with E-state index >= 15 is 0 Å². The number of piperazine rings is 1. The first kappa shape index (κ1) is 18.3. The van der Waals surface area contributed by atoms with Gasteiger partial charge in [-0.05, 0) is 17.7 Å². The third-order valence-electron chi connectivity index (χ3n) is 4.59. The monoisotopic (exact) mass is 350 g/mol. The maximum absolute atomic E-state index is 11.9. The van der Waals surface area contributed by atoms with Gasteiger partial charge in [-0.2, -0.15) is 5.10 Å². The Morgan fingerprint density at radius 1 is 0.923 bits per heavy atom. The molecule has 136 valence electrons. The number of carbonyl (C=O) groups excluding carboxylic acids is 1. The Morgan fingerprint density at radius 3 is 2.12 bits per heavy atom. The lowest BCUT2D eigenvalue weighted by Gasteiger charge is -2.34. The lowest BCUT2D eigenvalue weighted by atomic mass is 10.2. The summed E-state index contributed by atoms with van der Waals surface area (Å²) in [6, 6.07) is 20.3. The van der Waals surface area contributed by atoms with Crippen molar-refractivity contribution in [1.82, 2.24) is 9.80 Å². The van der Waals surface area contributed by atoms with Gasteiger partial charge in [0.2, 0.25) is 0 Å². The highest BCUT2D eigenvalue weighted by Gasteiger charge is 2.19. The number of benzene rings is 2. The Labute approximate surface area is 155 Å². The molecule has 1 saturated heterocycles. The van der Waals surface area contributed by atoms with Gasteiger partial charge in [-0.3, -0.25) is 20.0 Å². The number of Topliss-reactive ketones (excluding diaryl/α,β-unsaturated/α-hetero) is 1. The van der Waals surface area contributed by atoms with Gasteiger partial charge in [-0.25, -0.2) is 0 Å². The van der Waals surface area contributed by atoms with Crippen molar-refractivity contribution in [1.29, 1.82) is 0 Å². The molecule has 1 aliphatic rings. The van der Waals surface area contributed by atoms with E-state index in [4.69, 9.17) is 0 Å². The second kappa shape index (κ2) is 9.27. The van der Waals surface area contributed by atoms with Gasteiger partial charge < -0.3 is 0 Å². The molecule has 3 rings (SSSR count). The molecule has 0 radical (unpaired) electrons. The van der Waals surface area contributed by atoms with Crippen LogP contribution in [0.2, 0.25) is 0 Å². The molecule has 0 saturated carbocycles. The third-order valence-corrected chi connectivity index (χ3v) is 4.59. The first-order chi connectivity index (χ1) is 12.7. The van der Waals surface area contributed by atoms with Crippen LogP contribution in [0, 0.1) is 0 Å². The van der Waals surface area contributed by atoms with Crippen LogP contribution >= 0.6 is 0 Å². The minimum atomic E-state index is 0.0140. The molecule has 2 aromatic rings. The van der Waals surface area contributed by atoms with Gasteiger partial charge in [0.25, 0.3) is 0 Å². The van der Waals surface area contributed by atoms with Crippen molar-refractivity contribution in [2.75, 3.05) is 38.1 Å². The number of hydrazone groups is 1. The number of ketones is 1. The van der Waals surface area contributed by atoms with Crippen molar-refractivity contribution in [2.45, 2.75) is 13.5 Å². The molecule has 5 heteroatoms. The molecule has 0 spiro atoms. The molecule has 26 heavy (non-hydrogen) atoms. The molecule has 0 atom stereocenters. The maximum atomic E-state index is 11.9. The highest BCUT2D eigenvalue weighted by molar-refractivity contribution is 6.39. The summed E-state index contributed by atoms with van der Waals surface area (Å²) in [5.41, 5.74) is 5.80. The van der Waals surface area contributed by atoms with Gasteiger partial charge in [-0.15, -0.1) is 0 Å². The SMILES string of the molecule is CC(=O)/C(CN1CCN(Cc2ccccc2)CC1)=N\Nc1ccccc1. The average Bonchev–Trinajstić information content (AvgIpc) is 2.68. The first-order valence-corrected chi connectivity index (χ1v) is 9.08. The highest BCUT2D eigenvalue weighted by atomic mass is 16.1. The Morgan fingerprint density at radius 2 is 1.50 bits per heavy atom. The van der Waals surface area contributed by atoms with Crippen LogP contribution in [0.15, 0.2) is 65.8 Å². The molecule has 5 nitrogen and oxygen atoms in total. The Bertz CT molecular complexity index is 722. The van der Waals surface area contributed by atoms with Crippen LogP contribution in [0.3, 0.4) is 0 Å². The van der Waals surface area contributed by atoms with Gasteiger partial charge in [0.05, 0.1) is 5.69 Å². The molecular weight excluding hydrogens is 324 g/mol. The van der Waals surface area contributed by atoms with Crippen molar-refractivity contribution < 1.29 is 4.79 Å². The summed E-state index contributed by atoms with van der Waals surface area (Å²) in [4.78, 5) is 16.7. The highest BCUT2D eigenvalue weighted by Crippen LogP contribution is 2.09. The summed E-state index contributed by atoms with van der Waals surface area (Å²) in [6.07, 6.45) is 0. The van der Waals surface area contributed by atoms with Crippen molar-refractivity contribution in [2.24, 2.45) is 5.10 Å². The summed E-state index contributed by atoms with van der Waals surface area (Å²) >= 11 is 0. The number of anilines is 1. The molecule has 2 aromatic carbocycles. The Hall–Kier alpha value is -2.50. The average molecular weight is 350 g/mol. The lowest BCUT2D eigenvalue weighted by Crippen LogP contribution is -2.48. The Balaban J connectivity index is 1.50. The topological polar surface area (TPSA) is 47.9 Å². The summed E-state index contributed by atoms with van der Waals surface area (Å²) < 4.78 is 0. The molecule has 1 N–H and O–H groups in total. The van der Waals surface area contributed by atoms with Gasteiger partial charge >= 0.3 is 0 Å². The number of nitrogens with zero attached hydrogens (tertiary/aromatic N) is 3. The van der Waals surface area contributed by atoms with Gasteiger partial charge in [0.1, 0.15) is 5.71 Å². The summed E-state index contributed by atoms with van der Waals surface area (Å²) in [5, 5.41) is 4.34. The normalized spacial score (nSPS) is 16.4. The number of nitrogens with one attached hydrogen (secondary N) is 1. The van der Waals surface area contributed by atoms with Crippen molar-refractivity contribution in [3.8, 4) is 0 Å². The molecule has 1 heterocycles. The number of para-hydroxylation sites is 1. The zero-order valence-corrected chi connectivity index (χ0v) is 15.3. The van der Waals surface area contributed by atoms with E-state index < -0.39 is 0 Å². The van der Waals surface area contributed by atoms with Crippen molar-refractivity contribution in [3.05, 3.63) is 66.2 Å². The molecule has 1 aliphatic heterocycles. The fourth-order valence-corrected chi connectivity index (χ4v) is 3.03. The maximum Gasteiger partial charge on any atom is 0.177 e. The summed E-state index contributed by atoms with van der Waals surface area (Å²) in [7, 11) is 0. The number of hydrogen-bond acceptors (Lipinski definition) is 5. The summed E-state index contributed by atoms with van der Waals surface area (Å²) in [5.74, 6) is 0.0140. The largest absolute Gasteiger partial charge is 0.297 e. The molecular formula is C21H26N4O. The minimum Gasteiger partial charge on any atom is -0.297 e. The van der Waals surface area contributed by atoms with E-state index in [-0.39, 0.29) is 5.78 Å². The van der Waals surface area contributed by atoms with Gasteiger partial charge in [-0.1, -0.05) is 48.5 Å². The molecule has 1 fully saturated rings. The van der Waals surface area contributed by atoms with Crippen LogP contribution in [-0.2, 0) is 11.3 Å². The number of rotatable bonds is 7. The molecule has 0 aliphatic carbocycles. The fraction of sp³-hybridized carbons (Fsp3) is 0.333. The molecule has 0 amide bonds. The first-order valence-electron chi connectivity index (χ1n) is 9.08. The quantitative estimate of drug-likeness (QED) is 0.616. The lowest BCUT2D eigenvalue weighted by molar-refractivity contribution is -0.111. The summed E-state index contributed by atoms with van der Waals surface area (Å²) in [6.45, 7) is 7.07. The fourth-order valence-electron chi connectivity index (χ4n) is 3.03. The van der Waals surface area contributed by atoms with E-state index in [0.717, 1.165) is 38.4 Å². The van der Waals surface area contributed by atoms with E-state index in [1.54, 1.807) is 6.92 Å².